The van der Waals surface area contributed by atoms with Crippen LogP contribution in [0.15, 0.2) is 18.2 Å². The minimum atomic E-state index is -2.77. The summed E-state index contributed by atoms with van der Waals surface area (Å²) in [4.78, 5) is 11.1. The fraction of sp³-hybridized carbons (Fsp3) is 0.200. The first-order valence-corrected chi connectivity index (χ1v) is 4.00. The van der Waals surface area contributed by atoms with Crippen molar-refractivity contribution in [2.75, 3.05) is 7.11 Å². The van der Waals surface area contributed by atoms with Gasteiger partial charge in [-0.2, -0.15) is 5.26 Å². The van der Waals surface area contributed by atoms with Gasteiger partial charge < -0.3 is 4.74 Å². The van der Waals surface area contributed by atoms with Gasteiger partial charge in [-0.25, -0.2) is 13.6 Å². The quantitative estimate of drug-likeness (QED) is 0.705. The van der Waals surface area contributed by atoms with Gasteiger partial charge in [0.15, 0.2) is 0 Å². The van der Waals surface area contributed by atoms with Crippen LogP contribution < -0.4 is 0 Å². The van der Waals surface area contributed by atoms with E-state index in [4.69, 9.17) is 5.26 Å². The number of rotatable bonds is 2. The maximum Gasteiger partial charge on any atom is 0.338 e. The molecule has 0 unspecified atom stereocenters. The van der Waals surface area contributed by atoms with Gasteiger partial charge >= 0.3 is 5.97 Å². The van der Waals surface area contributed by atoms with Crippen LogP contribution in [-0.2, 0) is 4.74 Å². The Morgan fingerprint density at radius 2 is 2.20 bits per heavy atom. The number of halogens is 2. The number of benzene rings is 1. The summed E-state index contributed by atoms with van der Waals surface area (Å²) in [6.07, 6.45) is -2.77. The molecule has 0 aliphatic heterocycles. The third kappa shape index (κ3) is 2.29. The summed E-state index contributed by atoms with van der Waals surface area (Å²) in [6, 6.07) is 5.13. The van der Waals surface area contributed by atoms with E-state index in [0.717, 1.165) is 19.2 Å². The van der Waals surface area contributed by atoms with Crippen LogP contribution >= 0.6 is 0 Å². The molecule has 78 valence electrons. The maximum atomic E-state index is 12.5. The van der Waals surface area contributed by atoms with Gasteiger partial charge in [0.1, 0.15) is 0 Å². The molecule has 5 heteroatoms. The third-order valence-corrected chi connectivity index (χ3v) is 1.82. The van der Waals surface area contributed by atoms with Gasteiger partial charge in [-0.3, -0.25) is 0 Å². The number of carbonyl (C=O) groups is 1. The molecule has 0 atom stereocenters. The SMILES string of the molecule is COC(=O)c1cc(C#N)ccc1C(F)F. The van der Waals surface area contributed by atoms with E-state index < -0.39 is 18.0 Å². The van der Waals surface area contributed by atoms with Crippen LogP contribution in [0.1, 0.15) is 27.9 Å². The lowest BCUT2D eigenvalue weighted by molar-refractivity contribution is 0.0589. The molecule has 0 aromatic heterocycles. The molecule has 1 aromatic carbocycles. The second-order valence-electron chi connectivity index (χ2n) is 2.71. The molecule has 0 spiro atoms. The highest BCUT2D eigenvalue weighted by molar-refractivity contribution is 5.91. The van der Waals surface area contributed by atoms with Crippen LogP contribution in [0.4, 0.5) is 8.78 Å². The fourth-order valence-electron chi connectivity index (χ4n) is 1.10. The number of carbonyl (C=O) groups excluding carboxylic acids is 1. The Bertz CT molecular complexity index is 424. The van der Waals surface area contributed by atoms with Crippen molar-refractivity contribution in [3.8, 4) is 6.07 Å². The van der Waals surface area contributed by atoms with Gasteiger partial charge in [0.25, 0.3) is 6.43 Å². The van der Waals surface area contributed by atoms with Gasteiger partial charge in [-0.15, -0.1) is 0 Å². The number of hydrogen-bond acceptors (Lipinski definition) is 3. The number of ether oxygens (including phenoxy) is 1. The smallest absolute Gasteiger partial charge is 0.338 e. The van der Waals surface area contributed by atoms with Crippen molar-refractivity contribution in [2.45, 2.75) is 6.43 Å². The highest BCUT2D eigenvalue weighted by atomic mass is 19.3. The van der Waals surface area contributed by atoms with Crippen LogP contribution in [0.3, 0.4) is 0 Å². The first-order valence-electron chi connectivity index (χ1n) is 4.00. The van der Waals surface area contributed by atoms with Gasteiger partial charge in [0, 0.05) is 5.56 Å². The lowest BCUT2D eigenvalue weighted by Gasteiger charge is -2.06. The lowest BCUT2D eigenvalue weighted by atomic mass is 10.0. The van der Waals surface area contributed by atoms with E-state index in [2.05, 4.69) is 4.74 Å². The molecule has 15 heavy (non-hydrogen) atoms. The number of esters is 1. The van der Waals surface area contributed by atoms with E-state index in [9.17, 15) is 13.6 Å². The molecule has 3 nitrogen and oxygen atoms in total. The highest BCUT2D eigenvalue weighted by Gasteiger charge is 2.19. The Labute approximate surface area is 84.9 Å². The minimum Gasteiger partial charge on any atom is -0.465 e. The molecule has 0 aliphatic rings. The molecule has 0 aliphatic carbocycles. The Balaban J connectivity index is 3.30. The van der Waals surface area contributed by atoms with Gasteiger partial charge in [0.05, 0.1) is 24.3 Å². The largest absolute Gasteiger partial charge is 0.465 e. The van der Waals surface area contributed by atoms with Crippen molar-refractivity contribution in [2.24, 2.45) is 0 Å². The molecular formula is C10H7F2NO2. The van der Waals surface area contributed by atoms with E-state index in [1.54, 1.807) is 6.07 Å². The number of alkyl halides is 2. The molecule has 0 saturated heterocycles. The number of nitrogens with zero attached hydrogens (tertiary/aromatic N) is 1. The molecule has 0 saturated carbocycles. The van der Waals surface area contributed by atoms with Gasteiger partial charge in [-0.1, -0.05) is 6.07 Å². The summed E-state index contributed by atoms with van der Waals surface area (Å²) < 4.78 is 29.3. The molecule has 0 N–H and O–H groups in total. The zero-order valence-corrected chi connectivity index (χ0v) is 7.83. The van der Waals surface area contributed by atoms with E-state index in [0.29, 0.717) is 0 Å². The Morgan fingerprint density at radius 1 is 1.53 bits per heavy atom. The monoisotopic (exact) mass is 211 g/mol. The van der Waals surface area contributed by atoms with Crippen LogP contribution in [0.25, 0.3) is 0 Å². The molecule has 0 amide bonds. The van der Waals surface area contributed by atoms with Crippen molar-refractivity contribution >= 4 is 5.97 Å². The van der Waals surface area contributed by atoms with Gasteiger partial charge in [-0.05, 0) is 12.1 Å². The van der Waals surface area contributed by atoms with Crippen LogP contribution in [0.5, 0.6) is 0 Å². The minimum absolute atomic E-state index is 0.139. The zero-order valence-electron chi connectivity index (χ0n) is 7.83. The molecule has 1 rings (SSSR count). The van der Waals surface area contributed by atoms with Crippen molar-refractivity contribution in [1.82, 2.24) is 0 Å². The first kappa shape index (κ1) is 11.1. The second kappa shape index (κ2) is 4.51. The summed E-state index contributed by atoms with van der Waals surface area (Å²) in [6.45, 7) is 0. The predicted octanol–water partition coefficient (Wildman–Crippen LogP) is 2.28. The normalized spacial score (nSPS) is 9.80. The number of methoxy groups -OCH3 is 1. The predicted molar refractivity (Wildman–Crippen MR) is 47.5 cm³/mol. The molecular weight excluding hydrogens is 204 g/mol. The average molecular weight is 211 g/mol. The molecule has 0 fully saturated rings. The Kier molecular flexibility index (Phi) is 3.34. The summed E-state index contributed by atoms with van der Waals surface area (Å²) in [5.74, 6) is -0.873. The van der Waals surface area contributed by atoms with Crippen molar-refractivity contribution < 1.29 is 18.3 Å². The summed E-state index contributed by atoms with van der Waals surface area (Å²) in [5.41, 5.74) is -0.563. The maximum absolute atomic E-state index is 12.5. The number of hydrogen-bond donors (Lipinski definition) is 0. The van der Waals surface area contributed by atoms with Gasteiger partial charge in [0.2, 0.25) is 0 Å². The van der Waals surface area contributed by atoms with Crippen molar-refractivity contribution in [1.29, 1.82) is 5.26 Å². The first-order chi connectivity index (χ1) is 7.10. The van der Waals surface area contributed by atoms with Crippen LogP contribution in [-0.4, -0.2) is 13.1 Å². The Hall–Kier alpha value is -1.96. The van der Waals surface area contributed by atoms with Crippen LogP contribution in [0.2, 0.25) is 0 Å². The zero-order chi connectivity index (χ0) is 11.4. The molecule has 0 radical (unpaired) electrons. The van der Waals surface area contributed by atoms with Crippen molar-refractivity contribution in [3.05, 3.63) is 34.9 Å². The number of nitriles is 1. The van der Waals surface area contributed by atoms with E-state index in [-0.39, 0.29) is 11.1 Å². The van der Waals surface area contributed by atoms with E-state index in [1.807, 2.05) is 0 Å². The molecule has 1 aromatic rings. The third-order valence-electron chi connectivity index (χ3n) is 1.82. The van der Waals surface area contributed by atoms with E-state index >= 15 is 0 Å². The molecule has 0 heterocycles. The highest BCUT2D eigenvalue weighted by Crippen LogP contribution is 2.24. The fourth-order valence-corrected chi connectivity index (χ4v) is 1.10. The standard InChI is InChI=1S/C10H7F2NO2/c1-15-10(14)8-4-6(5-13)2-3-7(8)9(11)12/h2-4,9H,1H3. The van der Waals surface area contributed by atoms with Crippen molar-refractivity contribution in [3.63, 3.8) is 0 Å². The summed E-state index contributed by atoms with van der Waals surface area (Å²) >= 11 is 0. The van der Waals surface area contributed by atoms with E-state index in [1.165, 1.54) is 6.07 Å². The summed E-state index contributed by atoms with van der Waals surface area (Å²) in [5, 5.41) is 8.56. The average Bonchev–Trinajstić information content (AvgIpc) is 2.26. The topological polar surface area (TPSA) is 50.1 Å². The van der Waals surface area contributed by atoms with Crippen LogP contribution in [0, 0.1) is 11.3 Å². The Morgan fingerprint density at radius 3 is 2.67 bits per heavy atom. The molecule has 0 bridgehead atoms. The second-order valence-corrected chi connectivity index (χ2v) is 2.71. The lowest BCUT2D eigenvalue weighted by Crippen LogP contribution is -2.06. The summed E-state index contributed by atoms with van der Waals surface area (Å²) in [7, 11) is 1.09.